The average molecular weight is 305 g/mol. The normalized spacial score (nSPS) is 10.6. The summed E-state index contributed by atoms with van der Waals surface area (Å²) in [5.74, 6) is -0.0715. The number of anilines is 1. The van der Waals surface area contributed by atoms with Crippen molar-refractivity contribution in [1.82, 2.24) is 10.2 Å². The first-order valence-corrected chi connectivity index (χ1v) is 7.58. The van der Waals surface area contributed by atoms with Gasteiger partial charge in [-0.3, -0.25) is 9.59 Å². The highest BCUT2D eigenvalue weighted by Gasteiger charge is 2.17. The van der Waals surface area contributed by atoms with Crippen LogP contribution in [0.5, 0.6) is 0 Å². The third-order valence-electron chi connectivity index (χ3n) is 3.53. The number of rotatable bonds is 7. The van der Waals surface area contributed by atoms with Gasteiger partial charge in [0.15, 0.2) is 0 Å². The molecule has 1 N–H and O–H groups in total. The van der Waals surface area contributed by atoms with Crippen molar-refractivity contribution in [3.05, 3.63) is 29.3 Å². The molecule has 0 aliphatic heterocycles. The Balaban J connectivity index is 2.66. The molecular formula is C17H27N3O2. The summed E-state index contributed by atoms with van der Waals surface area (Å²) in [7, 11) is 3.93. The molecule has 22 heavy (non-hydrogen) atoms. The highest BCUT2D eigenvalue weighted by molar-refractivity contribution is 5.94. The summed E-state index contributed by atoms with van der Waals surface area (Å²) in [5.41, 5.74) is 3.00. The summed E-state index contributed by atoms with van der Waals surface area (Å²) in [5, 5.41) is 2.87. The van der Waals surface area contributed by atoms with Crippen LogP contribution >= 0.6 is 0 Å². The molecule has 0 spiro atoms. The fourth-order valence-corrected chi connectivity index (χ4v) is 2.38. The van der Waals surface area contributed by atoms with Gasteiger partial charge in [-0.15, -0.1) is 0 Å². The summed E-state index contributed by atoms with van der Waals surface area (Å²) < 4.78 is 0. The molecule has 1 aromatic rings. The molecule has 0 fully saturated rings. The van der Waals surface area contributed by atoms with Crippen LogP contribution in [-0.2, 0) is 9.59 Å². The van der Waals surface area contributed by atoms with Crippen molar-refractivity contribution in [2.24, 2.45) is 0 Å². The molecule has 0 saturated carbocycles. The highest BCUT2D eigenvalue weighted by atomic mass is 16.2. The van der Waals surface area contributed by atoms with Crippen molar-refractivity contribution in [3.63, 3.8) is 0 Å². The summed E-state index contributed by atoms with van der Waals surface area (Å²) in [6, 6.07) is 5.94. The van der Waals surface area contributed by atoms with E-state index in [4.69, 9.17) is 0 Å². The maximum Gasteiger partial charge on any atom is 0.223 e. The Kier molecular flexibility index (Phi) is 7.05. The molecule has 0 saturated heterocycles. The molecule has 0 atom stereocenters. The maximum atomic E-state index is 12.0. The molecule has 1 rings (SSSR count). The Morgan fingerprint density at radius 3 is 2.18 bits per heavy atom. The highest BCUT2D eigenvalue weighted by Crippen LogP contribution is 2.24. The zero-order chi connectivity index (χ0) is 16.7. The Hall–Kier alpha value is -1.88. The predicted octanol–water partition coefficient (Wildman–Crippen LogP) is 1.72. The van der Waals surface area contributed by atoms with Gasteiger partial charge in [-0.25, -0.2) is 0 Å². The number of aryl methyl sites for hydroxylation is 2. The number of nitrogens with one attached hydrogen (secondary N) is 1. The van der Waals surface area contributed by atoms with Crippen molar-refractivity contribution in [1.29, 1.82) is 0 Å². The van der Waals surface area contributed by atoms with E-state index in [-0.39, 0.29) is 11.8 Å². The van der Waals surface area contributed by atoms with E-state index in [9.17, 15) is 9.59 Å². The lowest BCUT2D eigenvalue weighted by Gasteiger charge is -2.25. The smallest absolute Gasteiger partial charge is 0.223 e. The third-order valence-corrected chi connectivity index (χ3v) is 3.53. The zero-order valence-electron chi connectivity index (χ0n) is 14.3. The molecule has 0 bridgehead atoms. The van der Waals surface area contributed by atoms with Gasteiger partial charge in [0.25, 0.3) is 0 Å². The first kappa shape index (κ1) is 18.2. The molecule has 0 aromatic heterocycles. The van der Waals surface area contributed by atoms with Crippen LogP contribution in [0.15, 0.2) is 18.2 Å². The van der Waals surface area contributed by atoms with Crippen LogP contribution < -0.4 is 10.2 Å². The van der Waals surface area contributed by atoms with Gasteiger partial charge in [0.05, 0.1) is 0 Å². The maximum absolute atomic E-state index is 12.0. The number of amides is 2. The number of hydrogen-bond donors (Lipinski definition) is 1. The number of likely N-dealkylation sites (N-methyl/N-ethyl adjacent to an activating group) is 1. The fraction of sp³-hybridized carbons (Fsp3) is 0.529. The van der Waals surface area contributed by atoms with E-state index in [1.165, 1.54) is 6.92 Å². The molecule has 1 aromatic carbocycles. The SMILES string of the molecule is CC(=O)N(CCC(=O)NCCN(C)C)c1c(C)cccc1C. The number of hydrogen-bond acceptors (Lipinski definition) is 3. The van der Waals surface area contributed by atoms with Gasteiger partial charge < -0.3 is 15.1 Å². The quantitative estimate of drug-likeness (QED) is 0.834. The molecular weight excluding hydrogens is 278 g/mol. The monoisotopic (exact) mass is 305 g/mol. The molecule has 0 aliphatic carbocycles. The Morgan fingerprint density at radius 1 is 1.09 bits per heavy atom. The summed E-state index contributed by atoms with van der Waals surface area (Å²) in [6.45, 7) is 7.32. The van der Waals surface area contributed by atoms with E-state index >= 15 is 0 Å². The van der Waals surface area contributed by atoms with Gasteiger partial charge in [0.2, 0.25) is 11.8 Å². The minimum atomic E-state index is -0.0431. The fourth-order valence-electron chi connectivity index (χ4n) is 2.38. The summed E-state index contributed by atoms with van der Waals surface area (Å²) in [4.78, 5) is 27.5. The van der Waals surface area contributed by atoms with Gasteiger partial charge in [-0.2, -0.15) is 0 Å². The Bertz CT molecular complexity index is 506. The lowest BCUT2D eigenvalue weighted by Crippen LogP contribution is -2.36. The van der Waals surface area contributed by atoms with Crippen LogP contribution in [0, 0.1) is 13.8 Å². The second kappa shape index (κ2) is 8.54. The molecule has 2 amide bonds. The average Bonchev–Trinajstić information content (AvgIpc) is 2.41. The van der Waals surface area contributed by atoms with Crippen molar-refractivity contribution < 1.29 is 9.59 Å². The van der Waals surface area contributed by atoms with Gasteiger partial charge in [-0.05, 0) is 39.1 Å². The van der Waals surface area contributed by atoms with E-state index in [1.54, 1.807) is 4.90 Å². The predicted molar refractivity (Wildman–Crippen MR) is 90.1 cm³/mol. The lowest BCUT2D eigenvalue weighted by atomic mass is 10.1. The topological polar surface area (TPSA) is 52.7 Å². The van der Waals surface area contributed by atoms with E-state index < -0.39 is 0 Å². The van der Waals surface area contributed by atoms with Crippen LogP contribution in [0.25, 0.3) is 0 Å². The summed E-state index contributed by atoms with van der Waals surface area (Å²) >= 11 is 0. The molecule has 5 nitrogen and oxygen atoms in total. The third kappa shape index (κ3) is 5.48. The zero-order valence-corrected chi connectivity index (χ0v) is 14.3. The minimum Gasteiger partial charge on any atom is -0.355 e. The molecule has 122 valence electrons. The van der Waals surface area contributed by atoms with Crippen molar-refractivity contribution in [2.75, 3.05) is 38.6 Å². The van der Waals surface area contributed by atoms with Gasteiger partial charge in [0.1, 0.15) is 0 Å². The number of carbonyl (C=O) groups is 2. The van der Waals surface area contributed by atoms with E-state index in [1.807, 2.05) is 51.0 Å². The van der Waals surface area contributed by atoms with Gasteiger partial charge in [-0.1, -0.05) is 18.2 Å². The summed E-state index contributed by atoms with van der Waals surface area (Å²) in [6.07, 6.45) is 0.306. The first-order chi connectivity index (χ1) is 10.3. The van der Waals surface area contributed by atoms with Crippen molar-refractivity contribution in [2.45, 2.75) is 27.2 Å². The lowest BCUT2D eigenvalue weighted by molar-refractivity contribution is -0.121. The second-order valence-electron chi connectivity index (χ2n) is 5.81. The number of carbonyl (C=O) groups excluding carboxylic acids is 2. The molecule has 0 unspecified atom stereocenters. The van der Waals surface area contributed by atoms with Crippen molar-refractivity contribution in [3.8, 4) is 0 Å². The number of para-hydroxylation sites is 1. The van der Waals surface area contributed by atoms with Gasteiger partial charge in [0, 0.05) is 38.7 Å². The van der Waals surface area contributed by atoms with Crippen LogP contribution in [-0.4, -0.2) is 50.4 Å². The Labute approximate surface area is 133 Å². The minimum absolute atomic E-state index is 0.0284. The van der Waals surface area contributed by atoms with Crippen LogP contribution in [0.4, 0.5) is 5.69 Å². The molecule has 0 heterocycles. The van der Waals surface area contributed by atoms with E-state index in [0.29, 0.717) is 19.5 Å². The van der Waals surface area contributed by atoms with E-state index in [0.717, 1.165) is 23.4 Å². The van der Waals surface area contributed by atoms with E-state index in [2.05, 4.69) is 5.32 Å². The van der Waals surface area contributed by atoms with Crippen LogP contribution in [0.1, 0.15) is 24.5 Å². The number of nitrogens with zero attached hydrogens (tertiary/aromatic N) is 2. The second-order valence-corrected chi connectivity index (χ2v) is 5.81. The Morgan fingerprint density at radius 2 is 1.68 bits per heavy atom. The van der Waals surface area contributed by atoms with Gasteiger partial charge >= 0.3 is 0 Å². The number of benzene rings is 1. The van der Waals surface area contributed by atoms with Crippen molar-refractivity contribution >= 4 is 17.5 Å². The van der Waals surface area contributed by atoms with Crippen LogP contribution in [0.3, 0.4) is 0 Å². The van der Waals surface area contributed by atoms with Crippen LogP contribution in [0.2, 0.25) is 0 Å². The molecule has 5 heteroatoms. The molecule has 0 aliphatic rings. The standard InChI is InChI=1S/C17H27N3O2/c1-13-7-6-8-14(2)17(13)20(15(3)21)11-9-16(22)18-10-12-19(4)5/h6-8H,9-12H2,1-5H3,(H,18,22). The molecule has 0 radical (unpaired) electrons. The first-order valence-electron chi connectivity index (χ1n) is 7.58. The largest absolute Gasteiger partial charge is 0.355 e.